The molecule has 0 saturated heterocycles. The zero-order valence-electron chi connectivity index (χ0n) is 13.1. The van der Waals surface area contributed by atoms with Crippen molar-refractivity contribution in [1.29, 1.82) is 0 Å². The quantitative estimate of drug-likeness (QED) is 0.605. The van der Waals surface area contributed by atoms with Gasteiger partial charge in [-0.2, -0.15) is 0 Å². The van der Waals surface area contributed by atoms with E-state index in [1.54, 1.807) is 20.8 Å². The molecule has 1 N–H and O–H groups in total. The minimum absolute atomic E-state index is 0.00919. The number of carbonyl (C=O) groups excluding carboxylic acids is 3. The highest BCUT2D eigenvalue weighted by atomic mass is 16.6. The number of Topliss-reactive ketones (excluding diaryl/α,β-unsaturated/α-hetero) is 1. The highest BCUT2D eigenvalue weighted by molar-refractivity contribution is 6.21. The van der Waals surface area contributed by atoms with E-state index < -0.39 is 34.7 Å². The molecule has 1 aliphatic carbocycles. The van der Waals surface area contributed by atoms with Gasteiger partial charge in [0.15, 0.2) is 5.60 Å². The number of rotatable bonds is 5. The van der Waals surface area contributed by atoms with E-state index in [0.29, 0.717) is 6.42 Å². The molecule has 0 aromatic rings. The van der Waals surface area contributed by atoms with E-state index in [1.165, 1.54) is 14.0 Å². The summed E-state index contributed by atoms with van der Waals surface area (Å²) in [5.41, 5.74) is -3.99. The monoisotopic (exact) mass is 298 g/mol. The van der Waals surface area contributed by atoms with Gasteiger partial charge in [-0.1, -0.05) is 20.8 Å². The number of methoxy groups -OCH3 is 1. The van der Waals surface area contributed by atoms with E-state index >= 15 is 0 Å². The van der Waals surface area contributed by atoms with Crippen LogP contribution in [-0.2, 0) is 23.9 Å². The molecule has 0 bridgehead atoms. The molecule has 0 amide bonds. The second kappa shape index (κ2) is 5.97. The molecule has 0 heterocycles. The predicted octanol–water partition coefficient (Wildman–Crippen LogP) is 1.16. The first kappa shape index (κ1) is 17.4. The van der Waals surface area contributed by atoms with Crippen LogP contribution in [0.2, 0.25) is 0 Å². The lowest BCUT2D eigenvalue weighted by Gasteiger charge is -2.38. The normalized spacial score (nSPS) is 30.7. The topological polar surface area (TPSA) is 89.9 Å². The van der Waals surface area contributed by atoms with Gasteiger partial charge in [0, 0.05) is 6.08 Å². The molecule has 6 heteroatoms. The summed E-state index contributed by atoms with van der Waals surface area (Å²) >= 11 is 0. The van der Waals surface area contributed by atoms with Gasteiger partial charge in [0.1, 0.15) is 5.76 Å². The first-order valence-electron chi connectivity index (χ1n) is 6.98. The summed E-state index contributed by atoms with van der Waals surface area (Å²) in [5.74, 6) is -2.80. The third-order valence-electron chi connectivity index (χ3n) is 4.00. The SMILES string of the molecule is CC[C@@H](C)C(=O)O[C@@]1(C)C(=O)C=C(OC)[C@@](O)(CC)C1=O. The van der Waals surface area contributed by atoms with Crippen LogP contribution in [0.25, 0.3) is 0 Å². The van der Waals surface area contributed by atoms with Gasteiger partial charge in [-0.25, -0.2) is 0 Å². The maximum absolute atomic E-state index is 12.6. The number of aliphatic hydroxyl groups is 1. The smallest absolute Gasteiger partial charge is 0.310 e. The van der Waals surface area contributed by atoms with E-state index in [-0.39, 0.29) is 12.2 Å². The van der Waals surface area contributed by atoms with Gasteiger partial charge in [-0.3, -0.25) is 14.4 Å². The Morgan fingerprint density at radius 1 is 1.38 bits per heavy atom. The molecule has 118 valence electrons. The van der Waals surface area contributed by atoms with Crippen LogP contribution in [-0.4, -0.2) is 41.0 Å². The summed E-state index contributed by atoms with van der Waals surface area (Å²) < 4.78 is 10.1. The Labute approximate surface area is 124 Å². The lowest BCUT2D eigenvalue weighted by atomic mass is 9.75. The van der Waals surface area contributed by atoms with Gasteiger partial charge in [0.05, 0.1) is 13.0 Å². The van der Waals surface area contributed by atoms with Gasteiger partial charge in [0.25, 0.3) is 0 Å². The zero-order chi connectivity index (χ0) is 16.4. The molecule has 1 aliphatic rings. The summed E-state index contributed by atoms with van der Waals surface area (Å²) in [4.78, 5) is 36.7. The van der Waals surface area contributed by atoms with Crippen LogP contribution >= 0.6 is 0 Å². The molecule has 0 spiro atoms. The first-order chi connectivity index (χ1) is 9.67. The van der Waals surface area contributed by atoms with Crippen molar-refractivity contribution in [1.82, 2.24) is 0 Å². The van der Waals surface area contributed by atoms with Gasteiger partial charge in [-0.05, 0) is 19.8 Å². The van der Waals surface area contributed by atoms with E-state index in [2.05, 4.69) is 0 Å². The van der Waals surface area contributed by atoms with Crippen molar-refractivity contribution < 1.29 is 29.0 Å². The molecule has 0 fully saturated rings. The molecule has 3 atom stereocenters. The first-order valence-corrected chi connectivity index (χ1v) is 6.98. The molecule has 0 aliphatic heterocycles. The Hall–Kier alpha value is -1.69. The van der Waals surface area contributed by atoms with Gasteiger partial charge in [0.2, 0.25) is 17.2 Å². The average molecular weight is 298 g/mol. The van der Waals surface area contributed by atoms with Crippen LogP contribution in [0.15, 0.2) is 11.8 Å². The summed E-state index contributed by atoms with van der Waals surface area (Å²) in [6.07, 6.45) is 1.55. The molecule has 0 unspecified atom stereocenters. The van der Waals surface area contributed by atoms with Crippen LogP contribution in [0, 0.1) is 5.92 Å². The second-order valence-electron chi connectivity index (χ2n) is 5.38. The van der Waals surface area contributed by atoms with Crippen molar-refractivity contribution in [2.45, 2.75) is 51.7 Å². The standard InChI is InChI=1S/C15H22O6/c1-6-9(3)12(17)21-14(4)10(16)8-11(20-5)15(19,7-2)13(14)18/h8-9,19H,6-7H2,1-5H3/t9-,14+,15+/m1/s1. The Balaban J connectivity index is 3.25. The highest BCUT2D eigenvalue weighted by Crippen LogP contribution is 2.35. The van der Waals surface area contributed by atoms with E-state index in [1.807, 2.05) is 0 Å². The summed E-state index contributed by atoms with van der Waals surface area (Å²) in [5, 5.41) is 10.5. The number of esters is 1. The number of hydrogen-bond acceptors (Lipinski definition) is 6. The van der Waals surface area contributed by atoms with Gasteiger partial charge < -0.3 is 14.6 Å². The van der Waals surface area contributed by atoms with Crippen molar-refractivity contribution in [3.05, 3.63) is 11.8 Å². The average Bonchev–Trinajstić information content (AvgIpc) is 2.48. The third-order valence-corrected chi connectivity index (χ3v) is 4.00. The van der Waals surface area contributed by atoms with E-state index in [0.717, 1.165) is 6.08 Å². The molecule has 1 rings (SSSR count). The predicted molar refractivity (Wildman–Crippen MR) is 74.3 cm³/mol. The molecule has 0 aromatic heterocycles. The summed E-state index contributed by atoms with van der Waals surface area (Å²) in [6.45, 7) is 6.23. The molecular formula is C15H22O6. The zero-order valence-corrected chi connectivity index (χ0v) is 13.1. The van der Waals surface area contributed by atoms with Gasteiger partial charge in [-0.15, -0.1) is 0 Å². The Morgan fingerprint density at radius 3 is 2.38 bits per heavy atom. The molecule has 21 heavy (non-hydrogen) atoms. The van der Waals surface area contributed by atoms with Crippen molar-refractivity contribution >= 4 is 17.5 Å². The van der Waals surface area contributed by atoms with Crippen LogP contribution in [0.4, 0.5) is 0 Å². The molecule has 6 nitrogen and oxygen atoms in total. The Morgan fingerprint density at radius 2 is 1.95 bits per heavy atom. The lowest BCUT2D eigenvalue weighted by molar-refractivity contribution is -0.181. The highest BCUT2D eigenvalue weighted by Gasteiger charge is 2.58. The van der Waals surface area contributed by atoms with Crippen LogP contribution < -0.4 is 0 Å². The van der Waals surface area contributed by atoms with Crippen LogP contribution in [0.1, 0.15) is 40.5 Å². The third kappa shape index (κ3) is 2.72. The summed E-state index contributed by atoms with van der Waals surface area (Å²) in [7, 11) is 1.26. The van der Waals surface area contributed by atoms with Crippen LogP contribution in [0.5, 0.6) is 0 Å². The number of ether oxygens (including phenoxy) is 2. The second-order valence-corrected chi connectivity index (χ2v) is 5.38. The Kier molecular flexibility index (Phi) is 4.94. The maximum atomic E-state index is 12.6. The fraction of sp³-hybridized carbons (Fsp3) is 0.667. The van der Waals surface area contributed by atoms with Crippen LogP contribution in [0.3, 0.4) is 0 Å². The molecule has 0 saturated carbocycles. The lowest BCUT2D eigenvalue weighted by Crippen LogP contribution is -2.61. The maximum Gasteiger partial charge on any atom is 0.310 e. The van der Waals surface area contributed by atoms with E-state index in [9.17, 15) is 19.5 Å². The molecule has 0 aromatic carbocycles. The Bertz CT molecular complexity index is 494. The number of hydrogen-bond donors (Lipinski definition) is 1. The number of ketones is 2. The van der Waals surface area contributed by atoms with Crippen molar-refractivity contribution in [2.75, 3.05) is 7.11 Å². The minimum atomic E-state index is -2.02. The molecule has 0 radical (unpaired) electrons. The fourth-order valence-electron chi connectivity index (χ4n) is 2.12. The van der Waals surface area contributed by atoms with Crippen molar-refractivity contribution in [2.24, 2.45) is 5.92 Å². The van der Waals surface area contributed by atoms with E-state index in [4.69, 9.17) is 9.47 Å². The fourth-order valence-corrected chi connectivity index (χ4v) is 2.12. The number of carbonyl (C=O) groups is 3. The summed E-state index contributed by atoms with van der Waals surface area (Å²) in [6, 6.07) is 0. The van der Waals surface area contributed by atoms with Crippen molar-refractivity contribution in [3.63, 3.8) is 0 Å². The molecular weight excluding hydrogens is 276 g/mol. The minimum Gasteiger partial charge on any atom is -0.497 e. The van der Waals surface area contributed by atoms with Gasteiger partial charge >= 0.3 is 5.97 Å². The largest absolute Gasteiger partial charge is 0.497 e. The van der Waals surface area contributed by atoms with Crippen molar-refractivity contribution in [3.8, 4) is 0 Å².